The lowest BCUT2D eigenvalue weighted by molar-refractivity contribution is -0.123. The first-order valence-electron chi connectivity index (χ1n) is 6.43. The Morgan fingerprint density at radius 1 is 1.40 bits per heavy atom. The summed E-state index contributed by atoms with van der Waals surface area (Å²) in [6, 6.07) is 7.51. The minimum Gasteiger partial charge on any atom is -0.469 e. The number of benzene rings is 1. The van der Waals surface area contributed by atoms with E-state index in [0.717, 1.165) is 23.6 Å². The zero-order valence-electron chi connectivity index (χ0n) is 11.4. The minimum absolute atomic E-state index is 0.370. The fourth-order valence-electron chi connectivity index (χ4n) is 2.39. The van der Waals surface area contributed by atoms with Crippen LogP contribution in [0.2, 0.25) is 0 Å². The van der Waals surface area contributed by atoms with Crippen molar-refractivity contribution in [1.29, 1.82) is 0 Å². The van der Waals surface area contributed by atoms with E-state index < -0.39 is 6.10 Å². The van der Waals surface area contributed by atoms with Gasteiger partial charge in [-0.2, -0.15) is 0 Å². The molecule has 0 saturated heterocycles. The first-order chi connectivity index (χ1) is 9.56. The van der Waals surface area contributed by atoms with Crippen LogP contribution in [0.15, 0.2) is 34.9 Å². The number of aliphatic hydroxyl groups is 1. The van der Waals surface area contributed by atoms with Crippen LogP contribution in [-0.2, 0) is 11.3 Å². The van der Waals surface area contributed by atoms with Crippen LogP contribution in [0, 0.1) is 6.92 Å². The highest BCUT2D eigenvalue weighted by molar-refractivity contribution is 6.02. The number of nitrogens with one attached hydrogen (secondary N) is 1. The summed E-state index contributed by atoms with van der Waals surface area (Å²) in [4.78, 5) is 13.5. The molecule has 5 heteroatoms. The molecule has 0 radical (unpaired) electrons. The number of hydrogen-bond donors (Lipinski definition) is 2. The third kappa shape index (κ3) is 2.06. The fourth-order valence-corrected chi connectivity index (χ4v) is 2.39. The molecule has 2 N–H and O–H groups in total. The van der Waals surface area contributed by atoms with Crippen LogP contribution >= 0.6 is 0 Å². The Morgan fingerprint density at radius 3 is 2.90 bits per heavy atom. The van der Waals surface area contributed by atoms with E-state index in [-0.39, 0.29) is 5.91 Å². The highest BCUT2D eigenvalue weighted by Gasteiger charge is 2.28. The molecule has 1 aliphatic heterocycles. The van der Waals surface area contributed by atoms with Crippen molar-refractivity contribution in [3.63, 3.8) is 0 Å². The van der Waals surface area contributed by atoms with E-state index in [0.29, 0.717) is 11.3 Å². The van der Waals surface area contributed by atoms with Gasteiger partial charge in [-0.1, -0.05) is 6.07 Å². The third-order valence-electron chi connectivity index (χ3n) is 3.65. The predicted molar refractivity (Wildman–Crippen MR) is 75.6 cm³/mol. The third-order valence-corrected chi connectivity index (χ3v) is 3.65. The Labute approximate surface area is 116 Å². The molecular formula is C15H16N2O3. The number of aliphatic hydroxyl groups excluding tert-OH is 1. The van der Waals surface area contributed by atoms with E-state index in [1.54, 1.807) is 12.3 Å². The molecule has 20 heavy (non-hydrogen) atoms. The van der Waals surface area contributed by atoms with Crippen molar-refractivity contribution in [2.24, 2.45) is 0 Å². The molecular weight excluding hydrogens is 256 g/mol. The number of aryl methyl sites for hydroxylation is 1. The molecule has 0 saturated carbocycles. The summed E-state index contributed by atoms with van der Waals surface area (Å²) >= 11 is 0. The normalized spacial score (nSPS) is 16.9. The van der Waals surface area contributed by atoms with Crippen molar-refractivity contribution in [2.45, 2.75) is 19.6 Å². The van der Waals surface area contributed by atoms with Gasteiger partial charge in [0, 0.05) is 36.1 Å². The molecule has 2 heterocycles. The Bertz CT molecular complexity index is 663. The quantitative estimate of drug-likeness (QED) is 0.899. The van der Waals surface area contributed by atoms with Crippen molar-refractivity contribution in [3.8, 4) is 0 Å². The number of amides is 1. The van der Waals surface area contributed by atoms with Gasteiger partial charge < -0.3 is 19.7 Å². The molecule has 1 amide bonds. The van der Waals surface area contributed by atoms with Crippen molar-refractivity contribution in [2.75, 3.05) is 17.3 Å². The highest BCUT2D eigenvalue weighted by atomic mass is 16.3. The first kappa shape index (κ1) is 12.7. The number of anilines is 2. The molecule has 5 nitrogen and oxygen atoms in total. The van der Waals surface area contributed by atoms with Crippen LogP contribution in [0.4, 0.5) is 11.4 Å². The zero-order chi connectivity index (χ0) is 14.3. The van der Waals surface area contributed by atoms with E-state index >= 15 is 0 Å². The lowest BCUT2D eigenvalue weighted by Gasteiger charge is -2.19. The summed E-state index contributed by atoms with van der Waals surface area (Å²) < 4.78 is 5.29. The maximum atomic E-state index is 11.4. The molecule has 0 aliphatic carbocycles. The average Bonchev–Trinajstić information content (AvgIpc) is 2.95. The van der Waals surface area contributed by atoms with Crippen molar-refractivity contribution < 1.29 is 14.3 Å². The Morgan fingerprint density at radius 2 is 2.20 bits per heavy atom. The van der Waals surface area contributed by atoms with E-state index in [2.05, 4.69) is 10.2 Å². The first-order valence-corrected chi connectivity index (χ1v) is 6.43. The van der Waals surface area contributed by atoms with Crippen LogP contribution in [0.25, 0.3) is 0 Å². The Hall–Kier alpha value is -2.27. The van der Waals surface area contributed by atoms with Crippen LogP contribution in [0.1, 0.15) is 23.0 Å². The molecule has 104 valence electrons. The van der Waals surface area contributed by atoms with E-state index in [9.17, 15) is 9.90 Å². The van der Waals surface area contributed by atoms with Crippen molar-refractivity contribution in [3.05, 3.63) is 47.4 Å². The van der Waals surface area contributed by atoms with Crippen LogP contribution in [0.3, 0.4) is 0 Å². The standard InChI is InChI=1S/C15H16N2O3/c1-9-10(5-6-20-9)8-17(2)11-3-4-12-13(7-11)16-15(19)14(12)18/h3-7,14,18H,8H2,1-2H3,(H,16,19). The second-order valence-electron chi connectivity index (χ2n) is 5.02. The number of furan rings is 1. The van der Waals surface area contributed by atoms with Gasteiger partial charge in [-0.15, -0.1) is 0 Å². The van der Waals surface area contributed by atoms with Crippen LogP contribution in [0.5, 0.6) is 0 Å². The summed E-state index contributed by atoms with van der Waals surface area (Å²) in [5.74, 6) is 0.534. The van der Waals surface area contributed by atoms with Gasteiger partial charge in [0.15, 0.2) is 6.10 Å². The molecule has 0 bridgehead atoms. The fraction of sp³-hybridized carbons (Fsp3) is 0.267. The predicted octanol–water partition coefficient (Wildman–Crippen LogP) is 2.21. The minimum atomic E-state index is -1.06. The lowest BCUT2D eigenvalue weighted by Crippen LogP contribution is -2.16. The smallest absolute Gasteiger partial charge is 0.257 e. The van der Waals surface area contributed by atoms with Gasteiger partial charge in [0.2, 0.25) is 0 Å². The van der Waals surface area contributed by atoms with Gasteiger partial charge in [-0.25, -0.2) is 0 Å². The largest absolute Gasteiger partial charge is 0.469 e. The SMILES string of the molecule is Cc1occc1CN(C)c1ccc2c(c1)NC(=O)C2O. The van der Waals surface area contributed by atoms with Crippen molar-refractivity contribution in [1.82, 2.24) is 0 Å². The maximum absolute atomic E-state index is 11.4. The molecule has 0 fully saturated rings. The lowest BCUT2D eigenvalue weighted by atomic mass is 10.1. The second-order valence-corrected chi connectivity index (χ2v) is 5.02. The zero-order valence-corrected chi connectivity index (χ0v) is 11.4. The number of rotatable bonds is 3. The van der Waals surface area contributed by atoms with Gasteiger partial charge in [0.05, 0.1) is 6.26 Å². The molecule has 2 aromatic rings. The van der Waals surface area contributed by atoms with Gasteiger partial charge in [0.25, 0.3) is 5.91 Å². The molecule has 3 rings (SSSR count). The highest BCUT2D eigenvalue weighted by Crippen LogP contribution is 2.34. The van der Waals surface area contributed by atoms with Gasteiger partial charge >= 0.3 is 0 Å². The number of fused-ring (bicyclic) bond motifs is 1. The molecule has 1 aromatic carbocycles. The average molecular weight is 272 g/mol. The summed E-state index contributed by atoms with van der Waals surface area (Å²) in [7, 11) is 1.97. The van der Waals surface area contributed by atoms with E-state index in [4.69, 9.17) is 4.42 Å². The molecule has 1 aliphatic rings. The second kappa shape index (κ2) is 4.68. The Kier molecular flexibility index (Phi) is 2.99. The van der Waals surface area contributed by atoms with Crippen molar-refractivity contribution >= 4 is 17.3 Å². The Balaban J connectivity index is 1.83. The summed E-state index contributed by atoms with van der Waals surface area (Å²) in [5.41, 5.74) is 3.40. The number of hydrogen-bond acceptors (Lipinski definition) is 4. The van der Waals surface area contributed by atoms with Gasteiger partial charge in [0.1, 0.15) is 5.76 Å². The maximum Gasteiger partial charge on any atom is 0.257 e. The number of nitrogens with zero attached hydrogens (tertiary/aromatic N) is 1. The molecule has 1 unspecified atom stereocenters. The number of carbonyl (C=O) groups is 1. The van der Waals surface area contributed by atoms with Crippen LogP contribution in [-0.4, -0.2) is 18.1 Å². The summed E-state index contributed by atoms with van der Waals surface area (Å²) in [6.07, 6.45) is 0.623. The summed E-state index contributed by atoms with van der Waals surface area (Å²) in [5, 5.41) is 12.4. The van der Waals surface area contributed by atoms with Crippen LogP contribution < -0.4 is 10.2 Å². The van der Waals surface area contributed by atoms with Gasteiger partial charge in [-0.05, 0) is 25.1 Å². The summed E-state index contributed by atoms with van der Waals surface area (Å²) in [6.45, 7) is 2.65. The van der Waals surface area contributed by atoms with E-state index in [1.807, 2.05) is 32.2 Å². The molecule has 1 atom stereocenters. The number of carbonyl (C=O) groups excluding carboxylic acids is 1. The van der Waals surface area contributed by atoms with E-state index in [1.165, 1.54) is 0 Å². The van der Waals surface area contributed by atoms with Gasteiger partial charge in [-0.3, -0.25) is 4.79 Å². The topological polar surface area (TPSA) is 65.7 Å². The monoisotopic (exact) mass is 272 g/mol. The molecule has 1 aromatic heterocycles. The molecule has 0 spiro atoms.